The van der Waals surface area contributed by atoms with Crippen LogP contribution in [0.5, 0.6) is 0 Å². The number of carbonyl (C=O) groups excluding carboxylic acids is 2. The fourth-order valence-electron chi connectivity index (χ4n) is 2.45. The normalized spacial score (nSPS) is 15.1. The molecule has 0 spiro atoms. The lowest BCUT2D eigenvalue weighted by Crippen LogP contribution is -2.23. The van der Waals surface area contributed by atoms with Crippen LogP contribution in [0, 0.1) is 17.2 Å². The Hall–Kier alpha value is -1.83. The molecule has 0 radical (unpaired) electrons. The molecular formula is C15H21NO4. The molecule has 1 aliphatic rings. The summed E-state index contributed by atoms with van der Waals surface area (Å²) in [7, 11) is 0. The Balaban J connectivity index is 3.13. The summed E-state index contributed by atoms with van der Waals surface area (Å²) in [6.45, 7) is 3.64. The van der Waals surface area contributed by atoms with E-state index in [0.717, 1.165) is 32.1 Å². The zero-order chi connectivity index (χ0) is 15.0. The minimum absolute atomic E-state index is 0.0439. The first-order valence-corrected chi connectivity index (χ1v) is 7.14. The highest BCUT2D eigenvalue weighted by molar-refractivity contribution is 6.15. The highest BCUT2D eigenvalue weighted by Crippen LogP contribution is 2.31. The van der Waals surface area contributed by atoms with Gasteiger partial charge in [0.1, 0.15) is 0 Å². The van der Waals surface area contributed by atoms with Crippen molar-refractivity contribution in [1.82, 2.24) is 0 Å². The maximum Gasteiger partial charge on any atom is 0.346 e. The highest BCUT2D eigenvalue weighted by atomic mass is 16.6. The zero-order valence-electron chi connectivity index (χ0n) is 12.1. The van der Waals surface area contributed by atoms with E-state index in [4.69, 9.17) is 9.47 Å². The standard InChI is InChI=1S/C15H21NO4/c1-3-19-14(17)13(15(18)20-4-2)12(10-16)11-8-6-5-7-9-11/h11H,3-9H2,1-2H3. The first-order valence-electron chi connectivity index (χ1n) is 7.14. The third-order valence-electron chi connectivity index (χ3n) is 3.36. The largest absolute Gasteiger partial charge is 0.462 e. The van der Waals surface area contributed by atoms with Gasteiger partial charge in [0.05, 0.1) is 24.9 Å². The summed E-state index contributed by atoms with van der Waals surface area (Å²) < 4.78 is 9.79. The first-order chi connectivity index (χ1) is 9.65. The lowest BCUT2D eigenvalue weighted by atomic mass is 9.82. The Morgan fingerprint density at radius 3 is 1.95 bits per heavy atom. The lowest BCUT2D eigenvalue weighted by molar-refractivity contribution is -0.146. The molecule has 0 aliphatic heterocycles. The molecule has 0 aromatic heterocycles. The third-order valence-corrected chi connectivity index (χ3v) is 3.36. The van der Waals surface area contributed by atoms with E-state index in [9.17, 15) is 14.9 Å². The Morgan fingerprint density at radius 2 is 1.55 bits per heavy atom. The van der Waals surface area contributed by atoms with Gasteiger partial charge in [0.25, 0.3) is 0 Å². The second-order valence-corrected chi connectivity index (χ2v) is 4.68. The van der Waals surface area contributed by atoms with Gasteiger partial charge in [-0.3, -0.25) is 0 Å². The van der Waals surface area contributed by atoms with Gasteiger partial charge in [-0.15, -0.1) is 0 Å². The third kappa shape index (κ3) is 4.09. The van der Waals surface area contributed by atoms with Gasteiger partial charge in [-0.05, 0) is 32.6 Å². The van der Waals surface area contributed by atoms with E-state index < -0.39 is 11.9 Å². The summed E-state index contributed by atoms with van der Waals surface area (Å²) in [5.41, 5.74) is 0.00435. The van der Waals surface area contributed by atoms with E-state index in [1.54, 1.807) is 13.8 Å². The van der Waals surface area contributed by atoms with Crippen molar-refractivity contribution in [2.24, 2.45) is 5.92 Å². The van der Waals surface area contributed by atoms with Gasteiger partial charge in [0, 0.05) is 0 Å². The van der Waals surface area contributed by atoms with E-state index in [1.165, 1.54) is 0 Å². The van der Waals surface area contributed by atoms with E-state index in [-0.39, 0.29) is 30.3 Å². The maximum atomic E-state index is 12.0. The van der Waals surface area contributed by atoms with Crippen LogP contribution in [0.15, 0.2) is 11.1 Å². The van der Waals surface area contributed by atoms with Crippen molar-refractivity contribution in [3.63, 3.8) is 0 Å². The number of esters is 2. The van der Waals surface area contributed by atoms with E-state index in [2.05, 4.69) is 0 Å². The van der Waals surface area contributed by atoms with Crippen LogP contribution in [-0.4, -0.2) is 25.2 Å². The van der Waals surface area contributed by atoms with Gasteiger partial charge < -0.3 is 9.47 Å². The fourth-order valence-corrected chi connectivity index (χ4v) is 2.45. The molecule has 0 amide bonds. The second-order valence-electron chi connectivity index (χ2n) is 4.68. The zero-order valence-corrected chi connectivity index (χ0v) is 12.1. The molecule has 0 atom stereocenters. The smallest absolute Gasteiger partial charge is 0.346 e. The number of rotatable bonds is 5. The molecule has 0 unspecified atom stereocenters. The predicted molar refractivity (Wildman–Crippen MR) is 72.5 cm³/mol. The van der Waals surface area contributed by atoms with Crippen molar-refractivity contribution in [2.45, 2.75) is 46.0 Å². The van der Waals surface area contributed by atoms with Crippen LogP contribution in [0.3, 0.4) is 0 Å². The van der Waals surface area contributed by atoms with Crippen molar-refractivity contribution < 1.29 is 19.1 Å². The van der Waals surface area contributed by atoms with E-state index in [1.807, 2.05) is 6.07 Å². The molecule has 0 saturated heterocycles. The van der Waals surface area contributed by atoms with Gasteiger partial charge >= 0.3 is 11.9 Å². The summed E-state index contributed by atoms with van der Waals surface area (Å²) >= 11 is 0. The number of nitriles is 1. The molecule has 110 valence electrons. The monoisotopic (exact) mass is 279 g/mol. The summed E-state index contributed by atoms with van der Waals surface area (Å²) in [6.07, 6.45) is 4.79. The molecule has 0 aromatic carbocycles. The molecule has 0 heterocycles. The van der Waals surface area contributed by atoms with Crippen LogP contribution in [0.4, 0.5) is 0 Å². The van der Waals surface area contributed by atoms with Crippen molar-refractivity contribution >= 4 is 11.9 Å². The molecule has 1 fully saturated rings. The second kappa shape index (κ2) is 8.36. The summed E-state index contributed by atoms with van der Waals surface area (Å²) in [4.78, 5) is 23.9. The Labute approximate surface area is 119 Å². The molecule has 5 nitrogen and oxygen atoms in total. The summed E-state index contributed by atoms with van der Waals surface area (Å²) in [6, 6.07) is 2.03. The van der Waals surface area contributed by atoms with Crippen molar-refractivity contribution in [1.29, 1.82) is 5.26 Å². The Morgan fingerprint density at radius 1 is 1.05 bits per heavy atom. The SMILES string of the molecule is CCOC(=O)C(C(=O)OCC)=C(C#N)C1CCCCC1. The van der Waals surface area contributed by atoms with E-state index >= 15 is 0 Å². The average Bonchev–Trinajstić information content (AvgIpc) is 2.45. The minimum Gasteiger partial charge on any atom is -0.462 e. The number of hydrogen-bond donors (Lipinski definition) is 0. The van der Waals surface area contributed by atoms with Crippen LogP contribution in [0.1, 0.15) is 46.0 Å². The molecule has 1 aliphatic carbocycles. The summed E-state index contributed by atoms with van der Waals surface area (Å²) in [5, 5.41) is 9.36. The van der Waals surface area contributed by atoms with Gasteiger partial charge in [0.2, 0.25) is 0 Å². The van der Waals surface area contributed by atoms with E-state index in [0.29, 0.717) is 0 Å². The van der Waals surface area contributed by atoms with Gasteiger partial charge in [-0.1, -0.05) is 19.3 Å². The molecule has 1 rings (SSSR count). The predicted octanol–water partition coefficient (Wildman–Crippen LogP) is 2.51. The lowest BCUT2D eigenvalue weighted by Gasteiger charge is -2.22. The number of carbonyl (C=O) groups is 2. The van der Waals surface area contributed by atoms with Crippen LogP contribution in [0.2, 0.25) is 0 Å². The number of nitrogens with zero attached hydrogens (tertiary/aromatic N) is 1. The van der Waals surface area contributed by atoms with Crippen LogP contribution < -0.4 is 0 Å². The molecule has 0 N–H and O–H groups in total. The first kappa shape index (κ1) is 16.2. The number of hydrogen-bond acceptors (Lipinski definition) is 5. The molecule has 0 aromatic rings. The molecule has 5 heteroatoms. The molecule has 0 bridgehead atoms. The molecule has 1 saturated carbocycles. The fraction of sp³-hybridized carbons (Fsp3) is 0.667. The summed E-state index contributed by atoms with van der Waals surface area (Å²) in [5.74, 6) is -1.56. The van der Waals surface area contributed by atoms with Gasteiger partial charge in [-0.2, -0.15) is 5.26 Å². The van der Waals surface area contributed by atoms with Gasteiger partial charge in [0.15, 0.2) is 5.57 Å². The maximum absolute atomic E-state index is 12.0. The van der Waals surface area contributed by atoms with Crippen LogP contribution in [-0.2, 0) is 19.1 Å². The number of ether oxygens (including phenoxy) is 2. The molecular weight excluding hydrogens is 258 g/mol. The average molecular weight is 279 g/mol. The topological polar surface area (TPSA) is 76.4 Å². The van der Waals surface area contributed by atoms with Crippen LogP contribution >= 0.6 is 0 Å². The quantitative estimate of drug-likeness (QED) is 0.254. The van der Waals surface area contributed by atoms with Crippen molar-refractivity contribution in [3.8, 4) is 6.07 Å². The minimum atomic E-state index is -0.756. The van der Waals surface area contributed by atoms with Crippen LogP contribution in [0.25, 0.3) is 0 Å². The van der Waals surface area contributed by atoms with Gasteiger partial charge in [-0.25, -0.2) is 9.59 Å². The molecule has 20 heavy (non-hydrogen) atoms. The highest BCUT2D eigenvalue weighted by Gasteiger charge is 2.30. The Bertz CT molecular complexity index is 408. The van der Waals surface area contributed by atoms with Crippen molar-refractivity contribution in [3.05, 3.63) is 11.1 Å². The number of allylic oxidation sites excluding steroid dienone is 1. The van der Waals surface area contributed by atoms with Crippen molar-refractivity contribution in [2.75, 3.05) is 13.2 Å². The Kier molecular flexibility index (Phi) is 6.78.